The van der Waals surface area contributed by atoms with Gasteiger partial charge < -0.3 is 9.84 Å². The Morgan fingerprint density at radius 1 is 1.43 bits per heavy atom. The van der Waals surface area contributed by atoms with Crippen molar-refractivity contribution < 1.29 is 9.84 Å². The zero-order chi connectivity index (χ0) is 16.5. The average molecular weight is 335 g/mol. The Bertz CT molecular complexity index is 498. The maximum Gasteiger partial charge on any atom is 0.132 e. The van der Waals surface area contributed by atoms with Gasteiger partial charge in [0.2, 0.25) is 0 Å². The summed E-state index contributed by atoms with van der Waals surface area (Å²) in [5.74, 6) is 0.466. The maximum absolute atomic E-state index is 9.62. The second-order valence-corrected chi connectivity index (χ2v) is 7.45. The summed E-state index contributed by atoms with van der Waals surface area (Å²) < 4.78 is 6.08. The first kappa shape index (κ1) is 18.4. The summed E-state index contributed by atoms with van der Waals surface area (Å²) in [7, 11) is 0. The van der Waals surface area contributed by atoms with Crippen LogP contribution in [0.4, 0.5) is 0 Å². The fourth-order valence-electron chi connectivity index (χ4n) is 2.99. The van der Waals surface area contributed by atoms with Crippen LogP contribution in [0.15, 0.2) is 40.2 Å². The summed E-state index contributed by atoms with van der Waals surface area (Å²) in [6.07, 6.45) is 14.7. The number of aliphatic hydroxyl groups excluding tert-OH is 1. The number of ether oxygens (including phenoxy) is 1. The first-order valence-electron chi connectivity index (χ1n) is 9.06. The van der Waals surface area contributed by atoms with E-state index in [-0.39, 0.29) is 5.44 Å². The van der Waals surface area contributed by atoms with E-state index in [4.69, 9.17) is 4.74 Å². The lowest BCUT2D eigenvalue weighted by molar-refractivity contribution is 0.0961. The molecule has 0 bridgehead atoms. The highest BCUT2D eigenvalue weighted by molar-refractivity contribution is 8.03. The van der Waals surface area contributed by atoms with E-state index in [1.54, 1.807) is 11.8 Å². The van der Waals surface area contributed by atoms with Gasteiger partial charge in [-0.3, -0.25) is 0 Å². The van der Waals surface area contributed by atoms with E-state index in [2.05, 4.69) is 31.7 Å². The Kier molecular flexibility index (Phi) is 8.08. The van der Waals surface area contributed by atoms with Gasteiger partial charge in [-0.25, -0.2) is 0 Å². The molecule has 2 atom stereocenters. The Morgan fingerprint density at radius 3 is 3.04 bits per heavy atom. The van der Waals surface area contributed by atoms with Crippen molar-refractivity contribution in [2.24, 2.45) is 5.92 Å². The SMILES string of the molecule is CCCCC/C(=C\O)[C@@H]1OC[C@@H]2CCCC=CC(CC)=C=C2S1. The molecule has 1 heterocycles. The number of fused-ring (bicyclic) bond motifs is 1. The molecule has 2 nitrogen and oxygen atoms in total. The third kappa shape index (κ3) is 5.60. The number of allylic oxidation sites excluding steroid dienone is 2. The number of hydrogen-bond acceptors (Lipinski definition) is 3. The van der Waals surface area contributed by atoms with Gasteiger partial charge in [0.25, 0.3) is 0 Å². The minimum Gasteiger partial charge on any atom is -0.516 e. The van der Waals surface area contributed by atoms with Gasteiger partial charge in [-0.2, -0.15) is 0 Å². The van der Waals surface area contributed by atoms with Crippen LogP contribution in [0.2, 0.25) is 0 Å². The fourth-order valence-corrected chi connectivity index (χ4v) is 4.27. The molecular formula is C20H30O2S. The zero-order valence-corrected chi connectivity index (χ0v) is 15.3. The Morgan fingerprint density at radius 2 is 2.30 bits per heavy atom. The molecule has 1 fully saturated rings. The van der Waals surface area contributed by atoms with E-state index in [9.17, 15) is 5.11 Å². The van der Waals surface area contributed by atoms with Crippen molar-refractivity contribution in [2.75, 3.05) is 6.61 Å². The molecule has 128 valence electrons. The van der Waals surface area contributed by atoms with Crippen molar-refractivity contribution in [3.8, 4) is 0 Å². The molecule has 0 aromatic heterocycles. The fraction of sp³-hybridized carbons (Fsp3) is 0.650. The molecule has 0 amide bonds. The van der Waals surface area contributed by atoms with Gasteiger partial charge in [-0.1, -0.05) is 50.6 Å². The van der Waals surface area contributed by atoms with Crippen LogP contribution in [0.25, 0.3) is 0 Å². The predicted molar refractivity (Wildman–Crippen MR) is 99.5 cm³/mol. The maximum atomic E-state index is 9.62. The molecule has 0 unspecified atom stereocenters. The van der Waals surface area contributed by atoms with E-state index < -0.39 is 0 Å². The minimum absolute atomic E-state index is 0.0431. The van der Waals surface area contributed by atoms with Crippen molar-refractivity contribution in [1.29, 1.82) is 0 Å². The van der Waals surface area contributed by atoms with Crippen molar-refractivity contribution in [2.45, 2.75) is 70.7 Å². The smallest absolute Gasteiger partial charge is 0.132 e. The van der Waals surface area contributed by atoms with E-state index >= 15 is 0 Å². The summed E-state index contributed by atoms with van der Waals surface area (Å²) in [6.45, 7) is 5.14. The van der Waals surface area contributed by atoms with Gasteiger partial charge in [-0.15, -0.1) is 5.73 Å². The monoisotopic (exact) mass is 334 g/mol. The first-order valence-corrected chi connectivity index (χ1v) is 9.94. The average Bonchev–Trinajstić information content (AvgIpc) is 2.68. The highest BCUT2D eigenvalue weighted by Gasteiger charge is 2.29. The largest absolute Gasteiger partial charge is 0.516 e. The van der Waals surface area contributed by atoms with Crippen LogP contribution in [0.3, 0.4) is 0 Å². The second-order valence-electron chi connectivity index (χ2n) is 6.34. The van der Waals surface area contributed by atoms with E-state index in [0.717, 1.165) is 44.3 Å². The van der Waals surface area contributed by atoms with Crippen LogP contribution in [-0.4, -0.2) is 17.1 Å². The predicted octanol–water partition coefficient (Wildman–Crippen LogP) is 6.27. The Labute approximate surface area is 145 Å². The van der Waals surface area contributed by atoms with Gasteiger partial charge in [0.1, 0.15) is 5.44 Å². The molecule has 2 aliphatic rings. The molecule has 1 N–H and O–H groups in total. The van der Waals surface area contributed by atoms with Crippen molar-refractivity contribution >= 4 is 11.8 Å². The summed E-state index contributed by atoms with van der Waals surface area (Å²) >= 11 is 1.76. The third-order valence-electron chi connectivity index (χ3n) is 4.50. The van der Waals surface area contributed by atoms with Crippen molar-refractivity contribution in [1.82, 2.24) is 0 Å². The topological polar surface area (TPSA) is 29.5 Å². The molecule has 1 saturated heterocycles. The minimum atomic E-state index is -0.0431. The van der Waals surface area contributed by atoms with E-state index in [1.165, 1.54) is 36.0 Å². The number of thioether (sulfide) groups is 1. The number of rotatable bonds is 6. The normalized spacial score (nSPS) is 25.7. The Balaban J connectivity index is 2.15. The van der Waals surface area contributed by atoms with Crippen molar-refractivity contribution in [3.63, 3.8) is 0 Å². The van der Waals surface area contributed by atoms with E-state index in [0.29, 0.717) is 5.92 Å². The lowest BCUT2D eigenvalue weighted by Crippen LogP contribution is -2.25. The highest BCUT2D eigenvalue weighted by Crippen LogP contribution is 2.41. The third-order valence-corrected chi connectivity index (χ3v) is 5.84. The van der Waals surface area contributed by atoms with Crippen molar-refractivity contribution in [3.05, 3.63) is 40.2 Å². The number of aliphatic hydroxyl groups is 1. The van der Waals surface area contributed by atoms with Crippen LogP contribution >= 0.6 is 11.8 Å². The molecule has 0 aromatic rings. The summed E-state index contributed by atoms with van der Waals surface area (Å²) in [6, 6.07) is 0. The summed E-state index contributed by atoms with van der Waals surface area (Å²) in [4.78, 5) is 1.32. The standard InChI is InChI=1S/C20H30O2S/c1-3-5-7-11-17(14-21)20-22-15-18-12-9-6-8-10-16(4-2)13-19(18)23-20/h8,10,14,18,20-21H,3-7,9,11-12,15H2,1-2H3/b10-8?,17-14+/t13?,18-,20+/m0/s1. The van der Waals surface area contributed by atoms with Gasteiger partial charge >= 0.3 is 0 Å². The first-order chi connectivity index (χ1) is 11.3. The molecule has 0 aromatic carbocycles. The lowest BCUT2D eigenvalue weighted by atomic mass is 10.0. The van der Waals surface area contributed by atoms with Crippen LogP contribution in [0, 0.1) is 5.92 Å². The van der Waals surface area contributed by atoms with Gasteiger partial charge in [-0.05, 0) is 44.1 Å². The van der Waals surface area contributed by atoms with Crippen LogP contribution in [0.1, 0.15) is 65.2 Å². The quantitative estimate of drug-likeness (QED) is 0.352. The molecule has 2 rings (SSSR count). The van der Waals surface area contributed by atoms with Gasteiger partial charge in [0.15, 0.2) is 0 Å². The molecular weight excluding hydrogens is 304 g/mol. The molecule has 23 heavy (non-hydrogen) atoms. The molecule has 0 radical (unpaired) electrons. The molecule has 3 heteroatoms. The highest BCUT2D eigenvalue weighted by atomic mass is 32.2. The number of unbranched alkanes of at least 4 members (excludes halogenated alkanes) is 2. The van der Waals surface area contributed by atoms with Crippen LogP contribution in [0.5, 0.6) is 0 Å². The summed E-state index contributed by atoms with van der Waals surface area (Å²) in [5, 5.41) is 9.62. The molecule has 0 saturated carbocycles. The van der Waals surface area contributed by atoms with Crippen LogP contribution in [-0.2, 0) is 4.74 Å². The van der Waals surface area contributed by atoms with Crippen LogP contribution < -0.4 is 0 Å². The molecule has 1 aliphatic heterocycles. The van der Waals surface area contributed by atoms with E-state index in [1.807, 2.05) is 0 Å². The van der Waals surface area contributed by atoms with Gasteiger partial charge in [0.05, 0.1) is 12.9 Å². The van der Waals surface area contributed by atoms with Gasteiger partial charge in [0, 0.05) is 16.4 Å². The summed E-state index contributed by atoms with van der Waals surface area (Å²) in [5.41, 5.74) is 5.90. The number of hydrogen-bond donors (Lipinski definition) is 1. The zero-order valence-electron chi connectivity index (χ0n) is 14.5. The lowest BCUT2D eigenvalue weighted by Gasteiger charge is -2.31. The molecule has 0 spiro atoms. The second kappa shape index (κ2) is 10.1. The molecule has 1 aliphatic carbocycles. The Hall–Kier alpha value is -0.890.